The number of phenolic OH excluding ortho intramolecular Hbond substituents is 1. The Bertz CT molecular complexity index is 550. The third kappa shape index (κ3) is 3.22. The fraction of sp³-hybridized carbons (Fsp3) is 0. The zero-order valence-corrected chi connectivity index (χ0v) is 8.38. The summed E-state index contributed by atoms with van der Waals surface area (Å²) in [7, 11) is 0. The van der Waals surface area contributed by atoms with Crippen LogP contribution in [0.5, 0.6) is 5.75 Å². The first-order valence-electron chi connectivity index (χ1n) is 4.28. The van der Waals surface area contributed by atoms with Crippen molar-refractivity contribution in [3.8, 4) is 17.9 Å². The van der Waals surface area contributed by atoms with E-state index in [1.54, 1.807) is 0 Å². The molecule has 0 aliphatic rings. The average molecular weight is 230 g/mol. The predicted octanol–water partition coefficient (Wildman–Crippen LogP) is 0.905. The molecule has 0 aromatic heterocycles. The van der Waals surface area contributed by atoms with Gasteiger partial charge in [-0.3, -0.25) is 5.43 Å². The van der Waals surface area contributed by atoms with Crippen molar-refractivity contribution in [3.63, 3.8) is 0 Å². The zero-order valence-electron chi connectivity index (χ0n) is 8.38. The third-order valence-electron chi connectivity index (χ3n) is 1.67. The van der Waals surface area contributed by atoms with Gasteiger partial charge in [0.15, 0.2) is 0 Å². The highest BCUT2D eigenvalue weighted by Gasteiger charge is 2.06. The highest BCUT2D eigenvalue weighted by molar-refractivity contribution is 6.10. The standard InChI is InChI=1S/C10H6N4O3/c11-4-8(5-12)14-13-7-1-6(10(16)17)2-9(15)3-7/h1-3,13,15H,(H,16,17). The summed E-state index contributed by atoms with van der Waals surface area (Å²) in [5, 5.41) is 38.2. The summed E-state index contributed by atoms with van der Waals surface area (Å²) in [5.41, 5.74) is 1.91. The van der Waals surface area contributed by atoms with Gasteiger partial charge in [-0.05, 0) is 12.1 Å². The Morgan fingerprint density at radius 1 is 1.29 bits per heavy atom. The summed E-state index contributed by atoms with van der Waals surface area (Å²) < 4.78 is 0. The van der Waals surface area contributed by atoms with Crippen LogP contribution >= 0.6 is 0 Å². The monoisotopic (exact) mass is 230 g/mol. The van der Waals surface area contributed by atoms with E-state index in [0.717, 1.165) is 6.07 Å². The minimum absolute atomic E-state index is 0.141. The summed E-state index contributed by atoms with van der Waals surface area (Å²) >= 11 is 0. The van der Waals surface area contributed by atoms with E-state index < -0.39 is 11.7 Å². The van der Waals surface area contributed by atoms with Crippen molar-refractivity contribution in [1.29, 1.82) is 10.5 Å². The van der Waals surface area contributed by atoms with Gasteiger partial charge in [0.2, 0.25) is 5.71 Å². The van der Waals surface area contributed by atoms with Crippen LogP contribution in [-0.4, -0.2) is 21.9 Å². The summed E-state index contributed by atoms with van der Waals surface area (Å²) in [6.07, 6.45) is 0. The Morgan fingerprint density at radius 3 is 2.47 bits per heavy atom. The van der Waals surface area contributed by atoms with Crippen LogP contribution < -0.4 is 5.43 Å². The molecule has 1 aromatic rings. The minimum Gasteiger partial charge on any atom is -0.508 e. The number of carbonyl (C=O) groups is 1. The second kappa shape index (κ2) is 5.14. The van der Waals surface area contributed by atoms with Gasteiger partial charge in [0.05, 0.1) is 11.3 Å². The second-order valence-electron chi connectivity index (χ2n) is 2.87. The van der Waals surface area contributed by atoms with Gasteiger partial charge in [-0.25, -0.2) is 4.79 Å². The smallest absolute Gasteiger partial charge is 0.335 e. The molecule has 0 radical (unpaired) electrons. The van der Waals surface area contributed by atoms with Crippen molar-refractivity contribution in [3.05, 3.63) is 23.8 Å². The number of nitrogens with zero attached hydrogens (tertiary/aromatic N) is 3. The lowest BCUT2D eigenvalue weighted by Gasteiger charge is -2.02. The molecule has 0 fully saturated rings. The number of nitriles is 2. The maximum Gasteiger partial charge on any atom is 0.335 e. The first-order valence-corrected chi connectivity index (χ1v) is 4.28. The van der Waals surface area contributed by atoms with E-state index in [-0.39, 0.29) is 17.0 Å². The molecule has 0 heterocycles. The van der Waals surface area contributed by atoms with Crippen LogP contribution in [0.25, 0.3) is 0 Å². The highest BCUT2D eigenvalue weighted by atomic mass is 16.4. The van der Waals surface area contributed by atoms with Crippen LogP contribution in [0.15, 0.2) is 23.3 Å². The number of nitrogens with one attached hydrogen (secondary N) is 1. The normalized spacial score (nSPS) is 8.59. The van der Waals surface area contributed by atoms with Crippen molar-refractivity contribution in [2.24, 2.45) is 5.10 Å². The van der Waals surface area contributed by atoms with Crippen molar-refractivity contribution >= 4 is 17.4 Å². The number of hydrogen-bond donors (Lipinski definition) is 3. The van der Waals surface area contributed by atoms with Gasteiger partial charge in [-0.1, -0.05) is 0 Å². The Kier molecular flexibility index (Phi) is 3.63. The molecule has 0 amide bonds. The molecule has 0 saturated carbocycles. The number of anilines is 1. The first-order chi connectivity index (χ1) is 8.06. The largest absolute Gasteiger partial charge is 0.508 e. The molecule has 17 heavy (non-hydrogen) atoms. The molecule has 7 heteroatoms. The Hall–Kier alpha value is -3.06. The van der Waals surface area contributed by atoms with Gasteiger partial charge in [-0.15, -0.1) is 0 Å². The molecular formula is C10H6N4O3. The predicted molar refractivity (Wildman–Crippen MR) is 57.3 cm³/mol. The zero-order chi connectivity index (χ0) is 12.8. The van der Waals surface area contributed by atoms with Crippen LogP contribution in [0.2, 0.25) is 0 Å². The number of rotatable bonds is 3. The summed E-state index contributed by atoms with van der Waals surface area (Å²) in [4.78, 5) is 10.7. The summed E-state index contributed by atoms with van der Waals surface area (Å²) in [6, 6.07) is 6.52. The topological polar surface area (TPSA) is 130 Å². The van der Waals surface area contributed by atoms with E-state index in [4.69, 9.17) is 15.6 Å². The van der Waals surface area contributed by atoms with Crippen molar-refractivity contribution in [1.82, 2.24) is 0 Å². The van der Waals surface area contributed by atoms with E-state index in [1.807, 2.05) is 0 Å². The number of carboxylic acid groups (broad SMARTS) is 1. The van der Waals surface area contributed by atoms with Gasteiger partial charge in [0, 0.05) is 6.07 Å². The summed E-state index contributed by atoms with van der Waals surface area (Å²) in [6.45, 7) is 0. The molecule has 0 saturated heterocycles. The van der Waals surface area contributed by atoms with E-state index in [9.17, 15) is 9.90 Å². The van der Waals surface area contributed by atoms with Crippen molar-refractivity contribution < 1.29 is 15.0 Å². The fourth-order valence-electron chi connectivity index (χ4n) is 0.995. The molecule has 0 aliphatic carbocycles. The van der Waals surface area contributed by atoms with Crippen LogP contribution in [0.4, 0.5) is 5.69 Å². The molecule has 0 spiro atoms. The molecule has 84 valence electrons. The lowest BCUT2D eigenvalue weighted by molar-refractivity contribution is 0.0696. The SMILES string of the molecule is N#CC(C#N)=NNc1cc(O)cc(C(=O)O)c1. The van der Waals surface area contributed by atoms with Gasteiger partial charge in [-0.2, -0.15) is 15.6 Å². The van der Waals surface area contributed by atoms with E-state index in [2.05, 4.69) is 10.5 Å². The molecule has 0 unspecified atom stereocenters. The number of aromatic carboxylic acids is 1. The van der Waals surface area contributed by atoms with Gasteiger partial charge in [0.25, 0.3) is 0 Å². The molecule has 0 atom stereocenters. The molecule has 0 aliphatic heterocycles. The van der Waals surface area contributed by atoms with Crippen LogP contribution in [0.1, 0.15) is 10.4 Å². The maximum atomic E-state index is 10.7. The Morgan fingerprint density at radius 2 is 1.94 bits per heavy atom. The highest BCUT2D eigenvalue weighted by Crippen LogP contribution is 2.19. The van der Waals surface area contributed by atoms with Crippen molar-refractivity contribution in [2.45, 2.75) is 0 Å². The molecule has 1 rings (SSSR count). The number of hydrazone groups is 1. The van der Waals surface area contributed by atoms with Crippen LogP contribution in [0, 0.1) is 22.7 Å². The molecular weight excluding hydrogens is 224 g/mol. The van der Waals surface area contributed by atoms with Gasteiger partial charge in [0.1, 0.15) is 17.9 Å². The Labute approximate surface area is 95.8 Å². The Balaban J connectivity index is 3.02. The number of phenols is 1. The molecule has 0 bridgehead atoms. The number of carboxylic acids is 1. The maximum absolute atomic E-state index is 10.7. The second-order valence-corrected chi connectivity index (χ2v) is 2.87. The molecule has 3 N–H and O–H groups in total. The third-order valence-corrected chi connectivity index (χ3v) is 1.67. The van der Waals surface area contributed by atoms with Crippen LogP contribution in [0.3, 0.4) is 0 Å². The average Bonchev–Trinajstić information content (AvgIpc) is 2.29. The summed E-state index contributed by atoms with van der Waals surface area (Å²) in [5.74, 6) is -1.48. The van der Waals surface area contributed by atoms with E-state index in [1.165, 1.54) is 24.3 Å². The van der Waals surface area contributed by atoms with Gasteiger partial charge >= 0.3 is 5.97 Å². The minimum atomic E-state index is -1.21. The van der Waals surface area contributed by atoms with Crippen molar-refractivity contribution in [2.75, 3.05) is 5.43 Å². The molecule has 1 aromatic carbocycles. The number of hydrogen-bond acceptors (Lipinski definition) is 6. The van der Waals surface area contributed by atoms with Gasteiger partial charge < -0.3 is 10.2 Å². The van der Waals surface area contributed by atoms with E-state index in [0.29, 0.717) is 0 Å². The lowest BCUT2D eigenvalue weighted by Crippen LogP contribution is -2.00. The van der Waals surface area contributed by atoms with E-state index >= 15 is 0 Å². The fourth-order valence-corrected chi connectivity index (χ4v) is 0.995. The quantitative estimate of drug-likeness (QED) is 0.522. The first kappa shape index (κ1) is 12.0. The number of benzene rings is 1. The van der Waals surface area contributed by atoms with Crippen LogP contribution in [-0.2, 0) is 0 Å². The molecule has 7 nitrogen and oxygen atoms in total. The number of aromatic hydroxyl groups is 1. The lowest BCUT2D eigenvalue weighted by atomic mass is 10.2.